The molecule has 0 aliphatic carbocycles. The molecular formula is C28H44N2O35S4. The molecule has 0 bridgehead atoms. The zero-order valence-corrected chi connectivity index (χ0v) is 37.6. The Bertz CT molecular complexity index is 2300. The van der Waals surface area contributed by atoms with Gasteiger partial charge in [-0.1, -0.05) is 0 Å². The zero-order chi connectivity index (χ0) is 52.5. The number of hydrogen-bond acceptors (Lipinski definition) is 29. The summed E-state index contributed by atoms with van der Waals surface area (Å²) in [6.07, 6.45) is -45.9. The third-order valence-electron chi connectivity index (χ3n) is 9.76. The van der Waals surface area contributed by atoms with Gasteiger partial charge in [0.25, 0.3) is 0 Å². The van der Waals surface area contributed by atoms with E-state index in [9.17, 15) is 103 Å². The summed E-state index contributed by atoms with van der Waals surface area (Å²) < 4.78 is 185. The van der Waals surface area contributed by atoms with Crippen LogP contribution in [0.1, 0.15) is 13.8 Å². The summed E-state index contributed by atoms with van der Waals surface area (Å²) in [6.45, 7) is -1.32. The smallest absolute Gasteiger partial charge is 0.397 e. The Balaban J connectivity index is 1.77. The Kier molecular flexibility index (Phi) is 19.2. The third kappa shape index (κ3) is 15.9. The number of carboxylic acid groups (broad SMARTS) is 2. The highest BCUT2D eigenvalue weighted by Crippen LogP contribution is 2.36. The molecule has 400 valence electrons. The number of aliphatic carboxylic acids is 2. The lowest BCUT2D eigenvalue weighted by Crippen LogP contribution is -2.70. The maximum absolute atomic E-state index is 12.7. The third-order valence-corrected chi connectivity index (χ3v) is 11.6. The van der Waals surface area contributed by atoms with Crippen molar-refractivity contribution in [2.45, 2.75) is 137 Å². The van der Waals surface area contributed by atoms with Crippen molar-refractivity contribution in [1.29, 1.82) is 0 Å². The average molecular weight is 1100 g/mol. The van der Waals surface area contributed by atoms with Gasteiger partial charge >= 0.3 is 53.5 Å². The minimum absolute atomic E-state index is 0.752. The van der Waals surface area contributed by atoms with E-state index in [1.54, 1.807) is 0 Å². The van der Waals surface area contributed by atoms with Crippen molar-refractivity contribution in [3.63, 3.8) is 0 Å². The fraction of sp³-hybridized carbons (Fsp3) is 0.857. The van der Waals surface area contributed by atoms with Crippen LogP contribution in [-0.2, 0) is 111 Å². The van der Waals surface area contributed by atoms with Crippen molar-refractivity contribution in [1.82, 2.24) is 10.6 Å². The second-order valence-corrected chi connectivity index (χ2v) is 19.0. The summed E-state index contributed by atoms with van der Waals surface area (Å²) >= 11 is 0. The van der Waals surface area contributed by atoms with Gasteiger partial charge in [0.2, 0.25) is 11.8 Å². The Morgan fingerprint density at radius 2 is 0.855 bits per heavy atom. The van der Waals surface area contributed by atoms with E-state index in [4.69, 9.17) is 42.3 Å². The molecule has 14 N–H and O–H groups in total. The molecule has 4 rings (SSSR count). The molecule has 41 heteroatoms. The summed E-state index contributed by atoms with van der Waals surface area (Å²) in [5, 5.41) is 89.7. The number of carboxylic acids is 2. The molecule has 0 saturated carbocycles. The van der Waals surface area contributed by atoms with Crippen molar-refractivity contribution in [2.75, 3.05) is 13.2 Å². The Labute approximate surface area is 386 Å². The van der Waals surface area contributed by atoms with Crippen LogP contribution in [0.2, 0.25) is 0 Å². The molecule has 69 heavy (non-hydrogen) atoms. The van der Waals surface area contributed by atoms with Crippen LogP contribution in [0.25, 0.3) is 0 Å². The number of rotatable bonds is 20. The highest BCUT2D eigenvalue weighted by molar-refractivity contribution is 7.81. The molecule has 0 radical (unpaired) electrons. The number of aliphatic hydroxyl groups excluding tert-OH is 6. The lowest BCUT2D eigenvalue weighted by molar-refractivity contribution is -0.367. The lowest BCUT2D eigenvalue weighted by atomic mass is 9.94. The maximum atomic E-state index is 12.7. The molecule has 0 aromatic rings. The predicted molar refractivity (Wildman–Crippen MR) is 200 cm³/mol. The van der Waals surface area contributed by atoms with Crippen LogP contribution in [0.15, 0.2) is 0 Å². The van der Waals surface area contributed by atoms with Gasteiger partial charge < -0.3 is 84.6 Å². The van der Waals surface area contributed by atoms with E-state index < -0.39 is 201 Å². The first-order valence-corrected chi connectivity index (χ1v) is 24.2. The zero-order valence-electron chi connectivity index (χ0n) is 34.4. The van der Waals surface area contributed by atoms with Crippen molar-refractivity contribution in [3.05, 3.63) is 0 Å². The van der Waals surface area contributed by atoms with Crippen LogP contribution in [0.4, 0.5) is 0 Å². The van der Waals surface area contributed by atoms with Crippen LogP contribution in [0.5, 0.6) is 0 Å². The van der Waals surface area contributed by atoms with Crippen molar-refractivity contribution >= 4 is 65.3 Å². The minimum atomic E-state index is -5.90. The van der Waals surface area contributed by atoms with Gasteiger partial charge in [0, 0.05) is 13.8 Å². The normalized spacial score (nSPS) is 39.2. The Morgan fingerprint density at radius 1 is 0.464 bits per heavy atom. The molecule has 0 spiro atoms. The van der Waals surface area contributed by atoms with E-state index in [-0.39, 0.29) is 0 Å². The predicted octanol–water partition coefficient (Wildman–Crippen LogP) is -9.97. The number of carbonyl (C=O) groups excluding carboxylic acids is 2. The molecule has 4 aliphatic heterocycles. The monoisotopic (exact) mass is 1100 g/mol. The summed E-state index contributed by atoms with van der Waals surface area (Å²) in [5.41, 5.74) is 0. The molecule has 37 nitrogen and oxygen atoms in total. The lowest BCUT2D eigenvalue weighted by Gasteiger charge is -2.50. The fourth-order valence-electron chi connectivity index (χ4n) is 7.04. The second-order valence-electron chi connectivity index (χ2n) is 14.7. The molecule has 4 fully saturated rings. The molecule has 4 saturated heterocycles. The average Bonchev–Trinajstić information content (AvgIpc) is 3.18. The van der Waals surface area contributed by atoms with Gasteiger partial charge in [0.15, 0.2) is 49.6 Å². The van der Waals surface area contributed by atoms with Gasteiger partial charge in [0.05, 0.1) is 13.2 Å². The number of hydrogen-bond donors (Lipinski definition) is 14. The quantitative estimate of drug-likeness (QED) is 0.0504. The van der Waals surface area contributed by atoms with Crippen LogP contribution < -0.4 is 10.6 Å². The topological polar surface area (TPSA) is 573 Å². The molecule has 4 aliphatic rings. The van der Waals surface area contributed by atoms with Gasteiger partial charge in [-0.05, 0) is 0 Å². The first-order chi connectivity index (χ1) is 31.5. The molecule has 20 atom stereocenters. The van der Waals surface area contributed by atoms with E-state index >= 15 is 0 Å². The highest BCUT2D eigenvalue weighted by Gasteiger charge is 2.59. The summed E-state index contributed by atoms with van der Waals surface area (Å²) in [5.74, 6) is -6.46. The number of aliphatic hydroxyl groups is 6. The number of carbonyl (C=O) groups is 4. The fourth-order valence-corrected chi connectivity index (χ4v) is 8.62. The summed E-state index contributed by atoms with van der Waals surface area (Å²) in [4.78, 5) is 49.3. The van der Waals surface area contributed by atoms with Crippen LogP contribution >= 0.6 is 0 Å². The standard InChI is InChI=1S/C28H44N2O35S4/c1-5(31)29-9-12(34)11(33)7(3-55-66(43,44)45)57-26(9)62-18-15(37)20(65-69(52,53)54)28(63-22(18)24(40)41)60-16-8(4-56-67(46,47)48)58-27(10(13(16)35)30-6(2)32)61-17-14(36)19(64-68(49,50)51)25(42)59-21(17)23(38)39/h7-22,25-28,33-37,42H,3-4H2,1-2H3,(H,29,31)(H,30,32)(H,38,39)(H,40,41)(H,43,44,45)(H,46,47,48)(H,49,50,51)(H,52,53,54)/t7?,8?,9?,10?,11-,12-,13-,14+,15+,16-,17+,18+,19?,20?,21?,22?,25-,26-,27+,28-/m1/s1. The van der Waals surface area contributed by atoms with Gasteiger partial charge in [-0.2, -0.15) is 33.7 Å². The first kappa shape index (κ1) is 58.4. The molecule has 0 aromatic carbocycles. The van der Waals surface area contributed by atoms with Crippen LogP contribution in [-0.4, -0.2) is 252 Å². The van der Waals surface area contributed by atoms with E-state index in [0.717, 1.165) is 13.8 Å². The molecular weight excluding hydrogens is 1050 g/mol. The van der Waals surface area contributed by atoms with Gasteiger partial charge in [0.1, 0.15) is 73.1 Å². The number of nitrogens with one attached hydrogen (secondary N) is 2. The summed E-state index contributed by atoms with van der Waals surface area (Å²) in [7, 11) is -22.3. The van der Waals surface area contributed by atoms with Crippen LogP contribution in [0.3, 0.4) is 0 Å². The van der Waals surface area contributed by atoms with E-state index in [1.165, 1.54) is 0 Å². The molecule has 4 heterocycles. The van der Waals surface area contributed by atoms with E-state index in [0.29, 0.717) is 0 Å². The SMILES string of the molecule is CC(=O)NC1[C@@H](O[C@@H]2C(C(=O)O)O[C@@H](O[C@@H]3C(COS(=O)(=O)O)O[C@@H](O[C@@H]4C(C(=O)O)O[C@@H](O)C(OS(=O)(=O)O)[C@H]4O)C(NC(C)=O)[C@H]3O)C(OS(=O)(=O)O)[C@H]2O)OC(COS(=O)(=O)O)[C@@H](O)[C@@H]1O. The van der Waals surface area contributed by atoms with E-state index in [1.807, 2.05) is 10.6 Å². The first-order valence-electron chi connectivity index (χ1n) is 18.7. The van der Waals surface area contributed by atoms with Crippen molar-refractivity contribution < 1.29 is 162 Å². The Morgan fingerprint density at radius 3 is 1.29 bits per heavy atom. The summed E-state index contributed by atoms with van der Waals surface area (Å²) in [6, 6.07) is -4.27. The largest absolute Gasteiger partial charge is 0.479 e. The molecule has 2 amide bonds. The van der Waals surface area contributed by atoms with Gasteiger partial charge in [-0.3, -0.25) is 27.8 Å². The molecule has 0 aromatic heterocycles. The number of amides is 2. The molecule has 8 unspecified atom stereocenters. The minimum Gasteiger partial charge on any atom is -0.479 e. The van der Waals surface area contributed by atoms with Gasteiger partial charge in [-0.15, -0.1) is 0 Å². The maximum Gasteiger partial charge on any atom is 0.397 e. The highest BCUT2D eigenvalue weighted by atomic mass is 32.3. The van der Waals surface area contributed by atoms with Crippen LogP contribution in [0, 0.1) is 0 Å². The Hall–Kier alpha value is -3.16. The van der Waals surface area contributed by atoms with Crippen molar-refractivity contribution in [2.24, 2.45) is 0 Å². The van der Waals surface area contributed by atoms with Gasteiger partial charge in [-0.25, -0.2) is 26.3 Å². The van der Waals surface area contributed by atoms with Crippen molar-refractivity contribution in [3.8, 4) is 0 Å². The second kappa shape index (κ2) is 22.7. The van der Waals surface area contributed by atoms with E-state index in [2.05, 4.69) is 16.7 Å². The number of ether oxygens (including phenoxy) is 7.